The van der Waals surface area contributed by atoms with Gasteiger partial charge in [0.15, 0.2) is 0 Å². The van der Waals surface area contributed by atoms with Crippen molar-refractivity contribution in [2.24, 2.45) is 0 Å². The highest BCUT2D eigenvalue weighted by Gasteiger charge is 2.18. The SMILES string of the molecule is Cc1ccc(-c2cccc(-c3ccc(C(c4ccc(-c5cccc(-c6ccc(C)cc6)c5)cc4)c4ccc(-c5ccc6oc7ccccc7c6c5)cc4)cc3)c2)cc1. The van der Waals surface area contributed by atoms with Gasteiger partial charge in [0, 0.05) is 16.7 Å². The van der Waals surface area contributed by atoms with E-state index in [1.54, 1.807) is 0 Å². The quantitative estimate of drug-likeness (QED) is 0.141. The van der Waals surface area contributed by atoms with Crippen LogP contribution in [0.4, 0.5) is 0 Å². The number of rotatable bonds is 8. The standard InChI is InChI=1S/C57H42O/c1-38-13-17-40(18-14-38)48-7-5-9-50(35-48)42-21-27-45(28-22-42)57(46-29-23-43(24-30-46)51-10-6-8-49(36-51)41-19-15-39(2)16-20-41)47-31-25-44(26-32-47)52-33-34-56-54(37-52)53-11-3-4-12-55(53)58-56/h3-37,57H,1-2H3. The highest BCUT2D eigenvalue weighted by Crippen LogP contribution is 2.38. The molecular formula is C57H42O. The second-order valence-corrected chi connectivity index (χ2v) is 15.5. The predicted octanol–water partition coefficient (Wildman–Crippen LogP) is 15.7. The van der Waals surface area contributed by atoms with E-state index in [1.807, 2.05) is 12.1 Å². The lowest BCUT2D eigenvalue weighted by Gasteiger charge is -2.20. The van der Waals surface area contributed by atoms with Gasteiger partial charge in [-0.1, -0.05) is 193 Å². The zero-order valence-corrected chi connectivity index (χ0v) is 32.7. The summed E-state index contributed by atoms with van der Waals surface area (Å²) in [5.41, 5.74) is 20.3. The van der Waals surface area contributed by atoms with Crippen molar-refractivity contribution in [3.05, 3.63) is 240 Å². The molecular weight excluding hydrogens is 701 g/mol. The monoisotopic (exact) mass is 742 g/mol. The van der Waals surface area contributed by atoms with Gasteiger partial charge >= 0.3 is 0 Å². The maximum Gasteiger partial charge on any atom is 0.135 e. The maximum atomic E-state index is 6.12. The third-order valence-corrected chi connectivity index (χ3v) is 11.6. The summed E-state index contributed by atoms with van der Waals surface area (Å²) in [6.07, 6.45) is 0. The van der Waals surface area contributed by atoms with Crippen LogP contribution < -0.4 is 0 Å². The van der Waals surface area contributed by atoms with Crippen molar-refractivity contribution in [1.82, 2.24) is 0 Å². The molecule has 1 aromatic heterocycles. The number of para-hydroxylation sites is 1. The van der Waals surface area contributed by atoms with Crippen LogP contribution >= 0.6 is 0 Å². The second-order valence-electron chi connectivity index (χ2n) is 15.5. The Bertz CT molecular complexity index is 2890. The van der Waals surface area contributed by atoms with Crippen molar-refractivity contribution in [2.75, 3.05) is 0 Å². The van der Waals surface area contributed by atoms with Gasteiger partial charge in [0.1, 0.15) is 11.2 Å². The lowest BCUT2D eigenvalue weighted by molar-refractivity contribution is 0.669. The highest BCUT2D eigenvalue weighted by molar-refractivity contribution is 6.06. The number of aryl methyl sites for hydroxylation is 2. The summed E-state index contributed by atoms with van der Waals surface area (Å²) in [6, 6.07) is 77.5. The Balaban J connectivity index is 1.000. The van der Waals surface area contributed by atoms with Crippen molar-refractivity contribution in [3.63, 3.8) is 0 Å². The first kappa shape index (κ1) is 35.2. The molecule has 10 rings (SSSR count). The molecule has 0 atom stereocenters. The third kappa shape index (κ3) is 6.93. The summed E-state index contributed by atoms with van der Waals surface area (Å²) in [6.45, 7) is 4.26. The molecule has 0 saturated carbocycles. The average Bonchev–Trinajstić information content (AvgIpc) is 3.66. The minimum Gasteiger partial charge on any atom is -0.456 e. The van der Waals surface area contributed by atoms with Crippen molar-refractivity contribution in [3.8, 4) is 55.6 Å². The fourth-order valence-electron chi connectivity index (χ4n) is 8.34. The van der Waals surface area contributed by atoms with Crippen molar-refractivity contribution in [2.45, 2.75) is 19.8 Å². The smallest absolute Gasteiger partial charge is 0.135 e. The highest BCUT2D eigenvalue weighted by atomic mass is 16.3. The van der Waals surface area contributed by atoms with E-state index in [2.05, 4.69) is 214 Å². The number of hydrogen-bond acceptors (Lipinski definition) is 1. The molecule has 0 fully saturated rings. The average molecular weight is 743 g/mol. The molecule has 1 heterocycles. The molecule has 0 aliphatic rings. The molecule has 0 N–H and O–H groups in total. The van der Waals surface area contributed by atoms with E-state index in [-0.39, 0.29) is 5.92 Å². The van der Waals surface area contributed by atoms with Gasteiger partial charge in [-0.25, -0.2) is 0 Å². The minimum atomic E-state index is 0.0511. The van der Waals surface area contributed by atoms with Crippen LogP contribution in [0.25, 0.3) is 77.6 Å². The van der Waals surface area contributed by atoms with Gasteiger partial charge in [0.05, 0.1) is 0 Å². The molecule has 0 saturated heterocycles. The number of hydrogen-bond donors (Lipinski definition) is 0. The van der Waals surface area contributed by atoms with E-state index in [1.165, 1.54) is 83.5 Å². The number of benzene rings is 9. The summed E-state index contributed by atoms with van der Waals surface area (Å²) in [5.74, 6) is 0.0511. The van der Waals surface area contributed by atoms with E-state index in [0.717, 1.165) is 21.9 Å². The van der Waals surface area contributed by atoms with Crippen molar-refractivity contribution < 1.29 is 4.42 Å². The third-order valence-electron chi connectivity index (χ3n) is 11.6. The van der Waals surface area contributed by atoms with Gasteiger partial charge in [-0.3, -0.25) is 0 Å². The predicted molar refractivity (Wildman–Crippen MR) is 244 cm³/mol. The van der Waals surface area contributed by atoms with Crippen LogP contribution in [0.5, 0.6) is 0 Å². The summed E-state index contributed by atoms with van der Waals surface area (Å²) in [4.78, 5) is 0. The van der Waals surface area contributed by atoms with Crippen LogP contribution in [0.1, 0.15) is 33.7 Å². The number of fused-ring (bicyclic) bond motifs is 3. The normalized spacial score (nSPS) is 11.4. The zero-order chi connectivity index (χ0) is 39.0. The fraction of sp³-hybridized carbons (Fsp3) is 0.0526. The molecule has 0 aliphatic heterocycles. The van der Waals surface area contributed by atoms with Crippen molar-refractivity contribution >= 4 is 21.9 Å². The zero-order valence-electron chi connectivity index (χ0n) is 32.7. The van der Waals surface area contributed by atoms with Gasteiger partial charge in [-0.15, -0.1) is 0 Å². The second kappa shape index (κ2) is 15.0. The van der Waals surface area contributed by atoms with Gasteiger partial charge in [-0.05, 0) is 117 Å². The van der Waals surface area contributed by atoms with Gasteiger partial charge in [0.25, 0.3) is 0 Å². The summed E-state index contributed by atoms with van der Waals surface area (Å²) in [5, 5.41) is 2.29. The van der Waals surface area contributed by atoms with E-state index < -0.39 is 0 Å². The molecule has 0 amide bonds. The Morgan fingerprint density at radius 2 is 0.621 bits per heavy atom. The van der Waals surface area contributed by atoms with Crippen LogP contribution in [0.3, 0.4) is 0 Å². The summed E-state index contributed by atoms with van der Waals surface area (Å²) < 4.78 is 6.12. The van der Waals surface area contributed by atoms with Gasteiger partial charge < -0.3 is 4.42 Å². The molecule has 1 nitrogen and oxygen atoms in total. The fourth-order valence-corrected chi connectivity index (χ4v) is 8.34. The minimum absolute atomic E-state index is 0.0511. The Morgan fingerprint density at radius 1 is 0.276 bits per heavy atom. The lowest BCUT2D eigenvalue weighted by Crippen LogP contribution is -2.03. The Labute approximate surface area is 340 Å². The van der Waals surface area contributed by atoms with Gasteiger partial charge in [0.2, 0.25) is 0 Å². The van der Waals surface area contributed by atoms with Crippen LogP contribution in [-0.2, 0) is 0 Å². The number of furan rings is 1. The Morgan fingerprint density at radius 3 is 1.05 bits per heavy atom. The largest absolute Gasteiger partial charge is 0.456 e. The van der Waals surface area contributed by atoms with E-state index in [9.17, 15) is 0 Å². The van der Waals surface area contributed by atoms with Gasteiger partial charge in [-0.2, -0.15) is 0 Å². The van der Waals surface area contributed by atoms with Crippen LogP contribution in [0, 0.1) is 13.8 Å². The molecule has 0 unspecified atom stereocenters. The van der Waals surface area contributed by atoms with Crippen molar-refractivity contribution in [1.29, 1.82) is 0 Å². The molecule has 0 aliphatic carbocycles. The summed E-state index contributed by atoms with van der Waals surface area (Å²) >= 11 is 0. The van der Waals surface area contributed by atoms with Crippen LogP contribution in [-0.4, -0.2) is 0 Å². The first-order valence-electron chi connectivity index (χ1n) is 20.1. The molecule has 58 heavy (non-hydrogen) atoms. The molecule has 0 radical (unpaired) electrons. The molecule has 0 bridgehead atoms. The maximum absolute atomic E-state index is 6.12. The molecule has 1 heteroatoms. The first-order valence-corrected chi connectivity index (χ1v) is 20.1. The molecule has 9 aromatic carbocycles. The Kier molecular flexibility index (Phi) is 9.12. The topological polar surface area (TPSA) is 13.1 Å². The van der Waals surface area contributed by atoms with Crippen LogP contribution in [0.15, 0.2) is 217 Å². The van der Waals surface area contributed by atoms with E-state index in [4.69, 9.17) is 4.42 Å². The molecule has 0 spiro atoms. The lowest BCUT2D eigenvalue weighted by atomic mass is 9.83. The van der Waals surface area contributed by atoms with E-state index in [0.29, 0.717) is 0 Å². The first-order chi connectivity index (χ1) is 28.5. The van der Waals surface area contributed by atoms with Crippen LogP contribution in [0.2, 0.25) is 0 Å². The Hall–Kier alpha value is -7.22. The van der Waals surface area contributed by atoms with E-state index >= 15 is 0 Å². The molecule has 276 valence electrons. The molecule has 10 aromatic rings. The summed E-state index contributed by atoms with van der Waals surface area (Å²) in [7, 11) is 0.